The summed E-state index contributed by atoms with van der Waals surface area (Å²) in [5.74, 6) is -0.389. The first-order valence-electron chi connectivity index (χ1n) is 9.90. The molecular formula is C24H23FN4O. The molecule has 5 nitrogen and oxygen atoms in total. The Morgan fingerprint density at radius 1 is 1.13 bits per heavy atom. The average molecular weight is 402 g/mol. The third-order valence-corrected chi connectivity index (χ3v) is 5.34. The smallest absolute Gasteiger partial charge is 0.213 e. The zero-order chi connectivity index (χ0) is 21.1. The van der Waals surface area contributed by atoms with Gasteiger partial charge >= 0.3 is 0 Å². The van der Waals surface area contributed by atoms with Crippen LogP contribution < -0.4 is 10.2 Å². The molecule has 152 valence electrons. The summed E-state index contributed by atoms with van der Waals surface area (Å²) in [5, 5.41) is 3.52. The Labute approximate surface area is 175 Å². The second kappa shape index (κ2) is 8.55. The highest BCUT2D eigenvalue weighted by Crippen LogP contribution is 2.26. The van der Waals surface area contributed by atoms with Gasteiger partial charge in [-0.25, -0.2) is 9.37 Å². The van der Waals surface area contributed by atoms with Crippen LogP contribution in [0.1, 0.15) is 38.9 Å². The van der Waals surface area contributed by atoms with E-state index < -0.39 is 5.83 Å². The van der Waals surface area contributed by atoms with Crippen LogP contribution >= 0.6 is 0 Å². The molecule has 0 radical (unpaired) electrons. The predicted octanol–water partition coefficient (Wildman–Crippen LogP) is 4.11. The summed E-state index contributed by atoms with van der Waals surface area (Å²) in [5.41, 5.74) is 2.36. The lowest BCUT2D eigenvalue weighted by molar-refractivity contribution is 0.103. The molecule has 2 aromatic heterocycles. The number of piperazine rings is 1. The topological polar surface area (TPSA) is 58.1 Å². The molecule has 30 heavy (non-hydrogen) atoms. The molecule has 1 atom stereocenters. The van der Waals surface area contributed by atoms with Crippen molar-refractivity contribution >= 4 is 17.4 Å². The van der Waals surface area contributed by atoms with Crippen LogP contribution in [0.3, 0.4) is 0 Å². The maximum absolute atomic E-state index is 14.1. The number of ketones is 1. The first kappa shape index (κ1) is 19.9. The Hall–Kier alpha value is -3.38. The third kappa shape index (κ3) is 4.00. The number of aromatic nitrogens is 2. The Bertz CT molecular complexity index is 1080. The van der Waals surface area contributed by atoms with Crippen molar-refractivity contribution in [2.75, 3.05) is 24.5 Å². The van der Waals surface area contributed by atoms with Gasteiger partial charge in [0.25, 0.3) is 0 Å². The lowest BCUT2D eigenvalue weighted by Crippen LogP contribution is -2.46. The zero-order valence-corrected chi connectivity index (χ0v) is 16.8. The fourth-order valence-electron chi connectivity index (χ4n) is 3.74. The van der Waals surface area contributed by atoms with Crippen LogP contribution in [-0.4, -0.2) is 35.4 Å². The van der Waals surface area contributed by atoms with E-state index in [2.05, 4.69) is 38.9 Å². The highest BCUT2D eigenvalue weighted by molar-refractivity contribution is 6.10. The number of hydrogen-bond donors (Lipinski definition) is 1. The molecular weight excluding hydrogens is 379 g/mol. The van der Waals surface area contributed by atoms with E-state index in [1.54, 1.807) is 37.4 Å². The molecule has 1 aliphatic heterocycles. The summed E-state index contributed by atoms with van der Waals surface area (Å²) < 4.78 is 14.1. The van der Waals surface area contributed by atoms with E-state index in [4.69, 9.17) is 0 Å². The van der Waals surface area contributed by atoms with Crippen LogP contribution in [0.15, 0.2) is 67.4 Å². The molecule has 3 aromatic rings. The van der Waals surface area contributed by atoms with E-state index in [1.807, 2.05) is 18.2 Å². The fraction of sp³-hybridized carbons (Fsp3) is 0.208. The number of nitrogens with zero attached hydrogens (tertiary/aromatic N) is 3. The summed E-state index contributed by atoms with van der Waals surface area (Å²) in [6.45, 7) is 7.36. The summed E-state index contributed by atoms with van der Waals surface area (Å²) in [4.78, 5) is 24.0. The fourth-order valence-corrected chi connectivity index (χ4v) is 3.74. The number of aryl methyl sites for hydroxylation is 1. The van der Waals surface area contributed by atoms with Crippen molar-refractivity contribution in [3.8, 4) is 0 Å². The molecule has 3 heterocycles. The van der Waals surface area contributed by atoms with Crippen LogP contribution in [0.25, 0.3) is 5.83 Å². The van der Waals surface area contributed by atoms with Gasteiger partial charge in [0.2, 0.25) is 5.78 Å². The monoisotopic (exact) mass is 402 g/mol. The quantitative estimate of drug-likeness (QED) is 0.651. The summed E-state index contributed by atoms with van der Waals surface area (Å²) >= 11 is 0. The van der Waals surface area contributed by atoms with Crippen LogP contribution in [-0.2, 0) is 0 Å². The molecule has 4 rings (SSSR count). The highest BCUT2D eigenvalue weighted by Gasteiger charge is 2.25. The first-order chi connectivity index (χ1) is 14.5. The van der Waals surface area contributed by atoms with Crippen molar-refractivity contribution < 1.29 is 9.18 Å². The molecule has 0 saturated carbocycles. The van der Waals surface area contributed by atoms with E-state index in [0.29, 0.717) is 23.6 Å². The molecule has 0 bridgehead atoms. The largest absolute Gasteiger partial charge is 0.353 e. The number of hydrogen-bond acceptors (Lipinski definition) is 5. The maximum atomic E-state index is 14.1. The van der Waals surface area contributed by atoms with E-state index in [0.717, 1.165) is 13.1 Å². The van der Waals surface area contributed by atoms with Crippen LogP contribution in [0.5, 0.6) is 0 Å². The Morgan fingerprint density at radius 3 is 2.67 bits per heavy atom. The number of carbonyl (C=O) groups is 1. The maximum Gasteiger partial charge on any atom is 0.213 e. The minimum atomic E-state index is -0.679. The third-order valence-electron chi connectivity index (χ3n) is 5.34. The van der Waals surface area contributed by atoms with Gasteiger partial charge < -0.3 is 10.2 Å². The van der Waals surface area contributed by atoms with Gasteiger partial charge in [0, 0.05) is 48.7 Å². The molecule has 1 N–H and O–H groups in total. The van der Waals surface area contributed by atoms with Crippen LogP contribution in [0.2, 0.25) is 0 Å². The molecule has 0 spiro atoms. The molecule has 6 heteroatoms. The van der Waals surface area contributed by atoms with Gasteiger partial charge in [-0.1, -0.05) is 36.9 Å². The number of pyridine rings is 2. The minimum Gasteiger partial charge on any atom is -0.353 e. The number of rotatable bonds is 5. The van der Waals surface area contributed by atoms with Crippen molar-refractivity contribution in [2.24, 2.45) is 0 Å². The van der Waals surface area contributed by atoms with Gasteiger partial charge in [0.1, 0.15) is 17.3 Å². The molecule has 1 aliphatic rings. The highest BCUT2D eigenvalue weighted by atomic mass is 19.1. The number of halogens is 1. The standard InChI is InChI=1S/C24H23FN4O/c1-16(25)19-10-11-22(28-23(19)24(30)20-9-6-12-26-17(20)2)29-14-13-27-21(15-29)18-7-4-3-5-8-18/h3-12,21,27H,1,13-15H2,2H3/t21-/m0/s1. The van der Waals surface area contributed by atoms with Crippen LogP contribution in [0, 0.1) is 6.92 Å². The average Bonchev–Trinajstić information content (AvgIpc) is 2.79. The van der Waals surface area contributed by atoms with Crippen molar-refractivity contribution in [3.05, 3.63) is 95.5 Å². The molecule has 1 saturated heterocycles. The van der Waals surface area contributed by atoms with Gasteiger partial charge in [-0.2, -0.15) is 0 Å². The van der Waals surface area contributed by atoms with E-state index in [-0.39, 0.29) is 23.1 Å². The Kier molecular flexibility index (Phi) is 5.68. The Morgan fingerprint density at radius 2 is 1.93 bits per heavy atom. The molecule has 1 fully saturated rings. The van der Waals surface area contributed by atoms with Gasteiger partial charge in [-0.05, 0) is 36.8 Å². The van der Waals surface area contributed by atoms with E-state index in [9.17, 15) is 9.18 Å². The number of anilines is 1. The van der Waals surface area contributed by atoms with E-state index in [1.165, 1.54) is 5.56 Å². The number of nitrogens with one attached hydrogen (secondary N) is 1. The molecule has 1 aromatic carbocycles. The summed E-state index contributed by atoms with van der Waals surface area (Å²) in [6.07, 6.45) is 1.62. The van der Waals surface area contributed by atoms with Gasteiger partial charge in [-0.15, -0.1) is 0 Å². The second-order valence-electron chi connectivity index (χ2n) is 7.30. The van der Waals surface area contributed by atoms with Gasteiger partial charge in [-0.3, -0.25) is 9.78 Å². The number of carbonyl (C=O) groups excluding carboxylic acids is 1. The van der Waals surface area contributed by atoms with Crippen molar-refractivity contribution in [3.63, 3.8) is 0 Å². The second-order valence-corrected chi connectivity index (χ2v) is 7.30. The molecule has 0 unspecified atom stereocenters. The Balaban J connectivity index is 1.68. The van der Waals surface area contributed by atoms with Crippen molar-refractivity contribution in [1.82, 2.24) is 15.3 Å². The minimum absolute atomic E-state index is 0.0610. The SMILES string of the molecule is C=C(F)c1ccc(N2CCN[C@H](c3ccccc3)C2)nc1C(=O)c1cccnc1C. The van der Waals surface area contributed by atoms with Gasteiger partial charge in [0.05, 0.1) is 0 Å². The number of benzene rings is 1. The van der Waals surface area contributed by atoms with Gasteiger partial charge in [0.15, 0.2) is 0 Å². The zero-order valence-electron chi connectivity index (χ0n) is 16.8. The predicted molar refractivity (Wildman–Crippen MR) is 116 cm³/mol. The normalized spacial score (nSPS) is 16.3. The summed E-state index contributed by atoms with van der Waals surface area (Å²) in [7, 11) is 0. The van der Waals surface area contributed by atoms with Crippen molar-refractivity contribution in [2.45, 2.75) is 13.0 Å². The van der Waals surface area contributed by atoms with Crippen LogP contribution in [0.4, 0.5) is 10.2 Å². The lowest BCUT2D eigenvalue weighted by Gasteiger charge is -2.35. The van der Waals surface area contributed by atoms with Crippen molar-refractivity contribution in [1.29, 1.82) is 0 Å². The first-order valence-corrected chi connectivity index (χ1v) is 9.90. The lowest BCUT2D eigenvalue weighted by atomic mass is 10.0. The summed E-state index contributed by atoms with van der Waals surface area (Å²) in [6, 6.07) is 17.1. The molecule has 0 aliphatic carbocycles. The van der Waals surface area contributed by atoms with E-state index >= 15 is 0 Å². The molecule has 0 amide bonds.